The molecule has 0 amide bonds. The minimum absolute atomic E-state index is 0.230. The van der Waals surface area contributed by atoms with Gasteiger partial charge in [-0.1, -0.05) is 36.4 Å². The lowest BCUT2D eigenvalue weighted by atomic mass is 9.91. The minimum Gasteiger partial charge on any atom is -0.467 e. The van der Waals surface area contributed by atoms with Crippen molar-refractivity contribution in [2.75, 3.05) is 12.4 Å². The molecule has 120 valence electrons. The monoisotopic (exact) mass is 309 g/mol. The quantitative estimate of drug-likeness (QED) is 0.855. The van der Waals surface area contributed by atoms with Gasteiger partial charge in [-0.2, -0.15) is 0 Å². The van der Waals surface area contributed by atoms with Gasteiger partial charge in [-0.3, -0.25) is 0 Å². The van der Waals surface area contributed by atoms with Gasteiger partial charge in [0.2, 0.25) is 0 Å². The number of carbonyl (C=O) groups excluding carboxylic acids is 1. The van der Waals surface area contributed by atoms with E-state index in [0.717, 1.165) is 17.7 Å². The summed E-state index contributed by atoms with van der Waals surface area (Å²) in [5.74, 6) is -0.230. The number of esters is 1. The van der Waals surface area contributed by atoms with Crippen LogP contribution in [0.4, 0.5) is 5.69 Å². The maximum absolute atomic E-state index is 12.1. The van der Waals surface area contributed by atoms with Crippen molar-refractivity contribution in [2.24, 2.45) is 0 Å². The Balaban J connectivity index is 1.77. The van der Waals surface area contributed by atoms with Crippen LogP contribution < -0.4 is 5.32 Å². The Labute approximate surface area is 137 Å². The molecule has 2 aromatic carbocycles. The lowest BCUT2D eigenvalue weighted by Crippen LogP contribution is -2.32. The van der Waals surface area contributed by atoms with Gasteiger partial charge >= 0.3 is 5.97 Å². The summed E-state index contributed by atoms with van der Waals surface area (Å²) in [6.45, 7) is 0. The van der Waals surface area contributed by atoms with Gasteiger partial charge in [0.05, 0.1) is 7.11 Å². The summed E-state index contributed by atoms with van der Waals surface area (Å²) in [5, 5.41) is 3.35. The molecule has 0 fully saturated rings. The number of aryl methyl sites for hydroxylation is 2. The second kappa shape index (κ2) is 7.32. The molecule has 0 bridgehead atoms. The molecule has 0 aromatic heterocycles. The number of hydrogen-bond acceptors (Lipinski definition) is 3. The van der Waals surface area contributed by atoms with E-state index >= 15 is 0 Å². The van der Waals surface area contributed by atoms with Crippen molar-refractivity contribution in [3.8, 4) is 0 Å². The highest BCUT2D eigenvalue weighted by Gasteiger charge is 2.20. The third kappa shape index (κ3) is 3.92. The van der Waals surface area contributed by atoms with E-state index in [2.05, 4.69) is 23.5 Å². The van der Waals surface area contributed by atoms with Crippen molar-refractivity contribution in [3.63, 3.8) is 0 Å². The Morgan fingerprint density at radius 2 is 1.83 bits per heavy atom. The van der Waals surface area contributed by atoms with Crippen LogP contribution in [-0.2, 0) is 28.8 Å². The molecule has 0 aliphatic heterocycles. The number of hydrogen-bond donors (Lipinski definition) is 1. The molecule has 1 N–H and O–H groups in total. The first kappa shape index (κ1) is 15.6. The summed E-state index contributed by atoms with van der Waals surface area (Å²) in [4.78, 5) is 12.1. The maximum atomic E-state index is 12.1. The molecule has 0 saturated heterocycles. The SMILES string of the molecule is COC(=O)C(Cc1ccccc1)Nc1ccc2c(c1)CCCC2. The van der Waals surface area contributed by atoms with Crippen molar-refractivity contribution in [3.05, 3.63) is 65.2 Å². The van der Waals surface area contributed by atoms with Crippen LogP contribution in [0, 0.1) is 0 Å². The minimum atomic E-state index is -0.371. The molecule has 0 spiro atoms. The molecule has 0 saturated carbocycles. The largest absolute Gasteiger partial charge is 0.467 e. The first-order valence-corrected chi connectivity index (χ1v) is 8.26. The standard InChI is InChI=1S/C20H23NO2/c1-23-20(22)19(13-15-7-3-2-4-8-15)21-18-12-11-16-9-5-6-10-17(16)14-18/h2-4,7-8,11-12,14,19,21H,5-6,9-10,13H2,1H3. The third-order valence-electron chi connectivity index (χ3n) is 4.46. The highest BCUT2D eigenvalue weighted by atomic mass is 16.5. The number of ether oxygens (including phenoxy) is 1. The van der Waals surface area contributed by atoms with Crippen molar-refractivity contribution in [2.45, 2.75) is 38.1 Å². The fraction of sp³-hybridized carbons (Fsp3) is 0.350. The average Bonchev–Trinajstić information content (AvgIpc) is 2.61. The number of carbonyl (C=O) groups is 1. The van der Waals surface area contributed by atoms with E-state index in [1.807, 2.05) is 30.3 Å². The molecule has 3 nitrogen and oxygen atoms in total. The van der Waals surface area contributed by atoms with Gasteiger partial charge in [0, 0.05) is 12.1 Å². The molecule has 1 atom stereocenters. The summed E-state index contributed by atoms with van der Waals surface area (Å²) in [5.41, 5.74) is 4.97. The molecule has 3 heteroatoms. The first-order valence-electron chi connectivity index (χ1n) is 8.26. The van der Waals surface area contributed by atoms with Crippen LogP contribution >= 0.6 is 0 Å². The Kier molecular flexibility index (Phi) is 4.96. The first-order chi connectivity index (χ1) is 11.3. The lowest BCUT2D eigenvalue weighted by Gasteiger charge is -2.21. The number of fused-ring (bicyclic) bond motifs is 1. The summed E-state index contributed by atoms with van der Waals surface area (Å²) < 4.78 is 4.97. The van der Waals surface area contributed by atoms with Gasteiger partial charge in [-0.15, -0.1) is 0 Å². The van der Waals surface area contributed by atoms with Crippen LogP contribution in [0.2, 0.25) is 0 Å². The van der Waals surface area contributed by atoms with Crippen molar-refractivity contribution in [1.29, 1.82) is 0 Å². The highest BCUT2D eigenvalue weighted by molar-refractivity contribution is 5.79. The molecule has 23 heavy (non-hydrogen) atoms. The number of rotatable bonds is 5. The molecular formula is C20H23NO2. The second-order valence-electron chi connectivity index (χ2n) is 6.10. The van der Waals surface area contributed by atoms with E-state index in [0.29, 0.717) is 6.42 Å². The van der Waals surface area contributed by atoms with Crippen LogP contribution in [0.25, 0.3) is 0 Å². The van der Waals surface area contributed by atoms with E-state index in [1.165, 1.54) is 37.5 Å². The maximum Gasteiger partial charge on any atom is 0.328 e. The normalized spacial score (nSPS) is 14.7. The third-order valence-corrected chi connectivity index (χ3v) is 4.46. The van der Waals surface area contributed by atoms with Crippen LogP contribution in [0.5, 0.6) is 0 Å². The van der Waals surface area contributed by atoms with Gasteiger partial charge in [0.1, 0.15) is 6.04 Å². The van der Waals surface area contributed by atoms with Crippen LogP contribution in [-0.4, -0.2) is 19.1 Å². The number of anilines is 1. The topological polar surface area (TPSA) is 38.3 Å². The van der Waals surface area contributed by atoms with Gasteiger partial charge < -0.3 is 10.1 Å². The van der Waals surface area contributed by atoms with Gasteiger partial charge in [0.25, 0.3) is 0 Å². The van der Waals surface area contributed by atoms with Crippen molar-refractivity contribution >= 4 is 11.7 Å². The molecular weight excluding hydrogens is 286 g/mol. The summed E-state index contributed by atoms with van der Waals surface area (Å²) >= 11 is 0. The Bertz CT molecular complexity index is 667. The predicted octanol–water partition coefficient (Wildman–Crippen LogP) is 3.76. The van der Waals surface area contributed by atoms with E-state index in [4.69, 9.17) is 4.74 Å². The van der Waals surface area contributed by atoms with E-state index in [1.54, 1.807) is 0 Å². The van der Waals surface area contributed by atoms with Gasteiger partial charge in [-0.25, -0.2) is 4.79 Å². The predicted molar refractivity (Wildman–Crippen MR) is 92.7 cm³/mol. The smallest absolute Gasteiger partial charge is 0.328 e. The molecule has 1 unspecified atom stereocenters. The summed E-state index contributed by atoms with van der Waals surface area (Å²) in [6.07, 6.45) is 5.44. The molecule has 3 rings (SSSR count). The van der Waals surface area contributed by atoms with Crippen LogP contribution in [0.15, 0.2) is 48.5 Å². The Morgan fingerprint density at radius 3 is 2.57 bits per heavy atom. The van der Waals surface area contributed by atoms with E-state index in [-0.39, 0.29) is 12.0 Å². The zero-order valence-electron chi connectivity index (χ0n) is 13.5. The second-order valence-corrected chi connectivity index (χ2v) is 6.10. The lowest BCUT2D eigenvalue weighted by molar-refractivity contribution is -0.141. The van der Waals surface area contributed by atoms with Crippen molar-refractivity contribution in [1.82, 2.24) is 0 Å². The van der Waals surface area contributed by atoms with Gasteiger partial charge in [0.15, 0.2) is 0 Å². The zero-order valence-corrected chi connectivity index (χ0v) is 13.5. The van der Waals surface area contributed by atoms with Crippen molar-refractivity contribution < 1.29 is 9.53 Å². The average molecular weight is 309 g/mol. The van der Waals surface area contributed by atoms with E-state index < -0.39 is 0 Å². The van der Waals surface area contributed by atoms with Crippen LogP contribution in [0.1, 0.15) is 29.5 Å². The molecule has 1 aliphatic carbocycles. The van der Waals surface area contributed by atoms with E-state index in [9.17, 15) is 4.79 Å². The van der Waals surface area contributed by atoms with Gasteiger partial charge in [-0.05, 0) is 54.5 Å². The summed E-state index contributed by atoms with van der Waals surface area (Å²) in [7, 11) is 1.44. The zero-order chi connectivity index (χ0) is 16.1. The highest BCUT2D eigenvalue weighted by Crippen LogP contribution is 2.25. The number of nitrogens with one attached hydrogen (secondary N) is 1. The van der Waals surface area contributed by atoms with Crippen LogP contribution in [0.3, 0.4) is 0 Å². The molecule has 1 aliphatic rings. The summed E-state index contributed by atoms with van der Waals surface area (Å²) in [6, 6.07) is 16.1. The fourth-order valence-electron chi connectivity index (χ4n) is 3.21. The Morgan fingerprint density at radius 1 is 1.09 bits per heavy atom. The fourth-order valence-corrected chi connectivity index (χ4v) is 3.21. The number of methoxy groups -OCH3 is 1. The Hall–Kier alpha value is -2.29. The molecule has 0 radical (unpaired) electrons. The molecule has 2 aromatic rings. The molecule has 0 heterocycles. The number of benzene rings is 2.